The van der Waals surface area contributed by atoms with Gasteiger partial charge in [-0.3, -0.25) is 0 Å². The Morgan fingerprint density at radius 3 is 2.75 bits per heavy atom. The molecule has 3 aliphatic heterocycles. The average molecular weight is 594 g/mol. The van der Waals surface area contributed by atoms with Crippen molar-refractivity contribution in [3.8, 4) is 11.5 Å². The summed E-state index contributed by atoms with van der Waals surface area (Å²) in [6, 6.07) is 13.5. The monoisotopic (exact) mass is 593 g/mol. The third-order valence-corrected chi connectivity index (χ3v) is 9.56. The van der Waals surface area contributed by atoms with Crippen molar-refractivity contribution in [3.63, 3.8) is 0 Å². The van der Waals surface area contributed by atoms with Gasteiger partial charge >= 0.3 is 0 Å². The summed E-state index contributed by atoms with van der Waals surface area (Å²) in [6.07, 6.45) is 2.85. The summed E-state index contributed by atoms with van der Waals surface area (Å²) >= 11 is 9.21. The lowest BCUT2D eigenvalue weighted by Gasteiger charge is -2.25. The summed E-state index contributed by atoms with van der Waals surface area (Å²) in [4.78, 5) is 14.2. The minimum absolute atomic E-state index is 0.131. The van der Waals surface area contributed by atoms with Gasteiger partial charge in [0.05, 0.1) is 37.3 Å². The molecule has 2 unspecified atom stereocenters. The number of aliphatic imine (C=N–C) groups is 2. The maximum Gasteiger partial charge on any atom is 0.252 e. The molecule has 204 valence electrons. The summed E-state index contributed by atoms with van der Waals surface area (Å²) in [5.74, 6) is 1.93. The maximum atomic E-state index is 6.32. The summed E-state index contributed by atoms with van der Waals surface area (Å²) in [5, 5.41) is 6.11. The van der Waals surface area contributed by atoms with Gasteiger partial charge in [0.2, 0.25) is 0 Å². The lowest BCUT2D eigenvalue weighted by atomic mass is 9.80. The summed E-state index contributed by atoms with van der Waals surface area (Å²) in [5.41, 5.74) is 3.12. The molecule has 1 saturated heterocycles. The molecule has 1 fully saturated rings. The molecule has 11 heteroatoms. The SMILES string of the molecule is COC1=NC2C=C(c3cc4c(OCc5csc(C6(c7ccc(Cl)cc7)CCOC6)n5)cc(OC)cc4o3)N=C2S1. The molecule has 2 aromatic heterocycles. The highest BCUT2D eigenvalue weighted by Crippen LogP contribution is 2.42. The number of hydrogen-bond donors (Lipinski definition) is 0. The van der Waals surface area contributed by atoms with E-state index >= 15 is 0 Å². The minimum atomic E-state index is -0.280. The zero-order chi connectivity index (χ0) is 27.3. The van der Waals surface area contributed by atoms with E-state index in [-0.39, 0.29) is 11.5 Å². The van der Waals surface area contributed by atoms with Gasteiger partial charge in [-0.2, -0.15) is 0 Å². The molecule has 3 aliphatic rings. The third-order valence-electron chi connectivity index (χ3n) is 7.23. The molecule has 8 nitrogen and oxygen atoms in total. The quantitative estimate of drug-likeness (QED) is 0.235. The zero-order valence-corrected chi connectivity index (χ0v) is 24.1. The number of aromatic nitrogens is 1. The van der Waals surface area contributed by atoms with Gasteiger partial charge in [0, 0.05) is 29.1 Å². The number of furan rings is 1. The van der Waals surface area contributed by atoms with Crippen LogP contribution in [-0.2, 0) is 21.5 Å². The standard InChI is InChI=1S/C29H24ClN3O5S2/c1-34-19-9-23(20-11-25(38-24(20)10-19)21-12-22-26(32-21)40-28(33-22)35-2)37-13-18-14-39-27(31-18)29(7-8-36-15-29)16-3-5-17(30)6-4-16/h3-6,9-12,14,22H,7-8,13,15H2,1-2H3. The highest BCUT2D eigenvalue weighted by molar-refractivity contribution is 8.26. The smallest absolute Gasteiger partial charge is 0.252 e. The average Bonchev–Trinajstić information content (AvgIpc) is 3.79. The number of fused-ring (bicyclic) bond motifs is 2. The molecule has 0 saturated carbocycles. The first kappa shape index (κ1) is 25.6. The van der Waals surface area contributed by atoms with E-state index in [4.69, 9.17) is 44.9 Å². The van der Waals surface area contributed by atoms with Gasteiger partial charge in [0.1, 0.15) is 45.5 Å². The van der Waals surface area contributed by atoms with Gasteiger partial charge in [-0.15, -0.1) is 11.3 Å². The Labute approximate surface area is 243 Å². The highest BCUT2D eigenvalue weighted by atomic mass is 35.5. The topological polar surface area (TPSA) is 87.7 Å². The molecule has 0 radical (unpaired) electrons. The fourth-order valence-electron chi connectivity index (χ4n) is 5.12. The molecule has 0 amide bonds. The number of thiazole rings is 1. The Balaban J connectivity index is 1.15. The fraction of sp³-hybridized carbons (Fsp3) is 0.276. The highest BCUT2D eigenvalue weighted by Gasteiger charge is 2.41. The predicted molar refractivity (Wildman–Crippen MR) is 158 cm³/mol. The second-order valence-corrected chi connectivity index (χ2v) is 11.9. The van der Waals surface area contributed by atoms with Crippen molar-refractivity contribution in [3.05, 3.63) is 81.0 Å². The first-order chi connectivity index (χ1) is 19.5. The molecule has 40 heavy (non-hydrogen) atoms. The Hall–Kier alpha value is -3.31. The number of halogens is 1. The van der Waals surface area contributed by atoms with Crippen LogP contribution in [0.3, 0.4) is 0 Å². The van der Waals surface area contributed by atoms with Crippen molar-refractivity contribution in [1.82, 2.24) is 4.98 Å². The van der Waals surface area contributed by atoms with Gasteiger partial charge in [-0.05, 0) is 48.0 Å². The van der Waals surface area contributed by atoms with Crippen molar-refractivity contribution in [2.45, 2.75) is 24.5 Å². The summed E-state index contributed by atoms with van der Waals surface area (Å²) in [7, 11) is 3.23. The molecule has 4 aromatic rings. The first-order valence-electron chi connectivity index (χ1n) is 12.7. The van der Waals surface area contributed by atoms with Crippen molar-refractivity contribution in [1.29, 1.82) is 0 Å². The first-order valence-corrected chi connectivity index (χ1v) is 14.8. The molecule has 0 N–H and O–H groups in total. The molecule has 0 aliphatic carbocycles. The van der Waals surface area contributed by atoms with Gasteiger partial charge in [0.15, 0.2) is 5.76 Å². The van der Waals surface area contributed by atoms with E-state index in [2.05, 4.69) is 17.1 Å². The third kappa shape index (κ3) is 4.49. The molecule has 0 bridgehead atoms. The van der Waals surface area contributed by atoms with Crippen LogP contribution in [0.4, 0.5) is 0 Å². The molecule has 7 rings (SSSR count). The molecule has 2 aromatic carbocycles. The van der Waals surface area contributed by atoms with Crippen LogP contribution in [0.2, 0.25) is 5.02 Å². The van der Waals surface area contributed by atoms with Crippen LogP contribution in [0.25, 0.3) is 16.7 Å². The minimum Gasteiger partial charge on any atom is -0.496 e. The number of hydrogen-bond acceptors (Lipinski definition) is 10. The van der Waals surface area contributed by atoms with Crippen molar-refractivity contribution < 1.29 is 23.4 Å². The number of thioether (sulfide) groups is 1. The van der Waals surface area contributed by atoms with Crippen molar-refractivity contribution in [2.75, 3.05) is 27.4 Å². The zero-order valence-electron chi connectivity index (χ0n) is 21.7. The molecule has 2 atom stereocenters. The number of nitrogens with zero attached hydrogens (tertiary/aromatic N) is 3. The Morgan fingerprint density at radius 1 is 1.12 bits per heavy atom. The van der Waals surface area contributed by atoms with E-state index in [0.717, 1.165) is 38.8 Å². The Morgan fingerprint density at radius 2 is 2.00 bits per heavy atom. The van der Waals surface area contributed by atoms with Gasteiger partial charge in [0.25, 0.3) is 5.23 Å². The van der Waals surface area contributed by atoms with Crippen molar-refractivity contribution in [2.24, 2.45) is 9.98 Å². The summed E-state index contributed by atoms with van der Waals surface area (Å²) < 4.78 is 29.1. The fourth-order valence-corrected chi connectivity index (χ4v) is 7.11. The number of rotatable bonds is 7. The number of methoxy groups -OCH3 is 2. The van der Waals surface area contributed by atoms with E-state index in [1.54, 1.807) is 25.6 Å². The van der Waals surface area contributed by atoms with Crippen molar-refractivity contribution >= 4 is 61.6 Å². The second-order valence-electron chi connectivity index (χ2n) is 9.62. The molecule has 0 spiro atoms. The van der Waals surface area contributed by atoms with E-state index in [9.17, 15) is 0 Å². The van der Waals surface area contributed by atoms with Crippen LogP contribution in [-0.4, -0.2) is 48.7 Å². The summed E-state index contributed by atoms with van der Waals surface area (Å²) in [6.45, 7) is 1.59. The maximum absolute atomic E-state index is 6.32. The van der Waals surface area contributed by atoms with Crippen LogP contribution in [0.15, 0.2) is 68.3 Å². The largest absolute Gasteiger partial charge is 0.496 e. The van der Waals surface area contributed by atoms with E-state index in [0.29, 0.717) is 52.9 Å². The van der Waals surface area contributed by atoms with Gasteiger partial charge < -0.3 is 23.4 Å². The van der Waals surface area contributed by atoms with Crippen LogP contribution < -0.4 is 9.47 Å². The van der Waals surface area contributed by atoms with Crippen LogP contribution in [0.5, 0.6) is 11.5 Å². The van der Waals surface area contributed by atoms with Crippen LogP contribution in [0, 0.1) is 0 Å². The Bertz CT molecular complexity index is 1690. The van der Waals surface area contributed by atoms with E-state index < -0.39 is 0 Å². The predicted octanol–water partition coefficient (Wildman–Crippen LogP) is 6.71. The van der Waals surface area contributed by atoms with Crippen LogP contribution in [0.1, 0.15) is 28.4 Å². The van der Waals surface area contributed by atoms with Gasteiger partial charge in [-0.25, -0.2) is 15.0 Å². The molecule has 5 heterocycles. The Kier molecular flexibility index (Phi) is 6.58. The molecular formula is C29H24ClN3O5S2. The lowest BCUT2D eigenvalue weighted by molar-refractivity contribution is 0.184. The normalized spacial score (nSPS) is 21.8. The van der Waals surface area contributed by atoms with Gasteiger partial charge in [-0.1, -0.05) is 23.7 Å². The van der Waals surface area contributed by atoms with E-state index in [1.165, 1.54) is 11.8 Å². The lowest BCUT2D eigenvalue weighted by Crippen LogP contribution is -2.28. The number of benzene rings is 2. The van der Waals surface area contributed by atoms with E-state index in [1.807, 2.05) is 41.8 Å². The second kappa shape index (κ2) is 10.3. The molecular weight excluding hydrogens is 570 g/mol. The number of ether oxygens (including phenoxy) is 4. The van der Waals surface area contributed by atoms with Crippen LogP contribution >= 0.6 is 34.7 Å².